The highest BCUT2D eigenvalue weighted by Gasteiger charge is 2.25. The second kappa shape index (κ2) is 6.00. The quantitative estimate of drug-likeness (QED) is 0.623. The van der Waals surface area contributed by atoms with Crippen molar-refractivity contribution in [1.82, 2.24) is 0 Å². The van der Waals surface area contributed by atoms with E-state index in [-0.39, 0.29) is 6.42 Å². The number of benzene rings is 1. The number of nitrogens with one attached hydrogen (secondary N) is 1. The fourth-order valence-electron chi connectivity index (χ4n) is 1.36. The van der Waals surface area contributed by atoms with Crippen LogP contribution in [0.15, 0.2) is 18.2 Å². The Labute approximate surface area is 103 Å². The van der Waals surface area contributed by atoms with Gasteiger partial charge < -0.3 is 11.1 Å². The van der Waals surface area contributed by atoms with E-state index in [0.29, 0.717) is 29.4 Å². The van der Waals surface area contributed by atoms with Gasteiger partial charge in [0.1, 0.15) is 0 Å². The molecule has 96 valence electrons. The molecule has 0 bridgehead atoms. The van der Waals surface area contributed by atoms with Gasteiger partial charge in [0.05, 0.1) is 11.4 Å². The van der Waals surface area contributed by atoms with E-state index < -0.39 is 12.6 Å². The van der Waals surface area contributed by atoms with Crippen molar-refractivity contribution < 1.29 is 13.2 Å². The van der Waals surface area contributed by atoms with E-state index in [2.05, 4.69) is 5.32 Å². The number of hydrogen-bond donors (Lipinski definition) is 2. The SMILES string of the molecule is Nc1ccc(Cl)cc1NCCCCC(F)(F)F. The Morgan fingerprint density at radius 1 is 1.24 bits per heavy atom. The second-order valence-corrected chi connectivity index (χ2v) is 4.17. The summed E-state index contributed by atoms with van der Waals surface area (Å²) in [5.41, 5.74) is 6.86. The molecule has 0 spiro atoms. The third kappa shape index (κ3) is 5.68. The van der Waals surface area contributed by atoms with Gasteiger partial charge in [-0.3, -0.25) is 0 Å². The molecule has 3 N–H and O–H groups in total. The van der Waals surface area contributed by atoms with Gasteiger partial charge >= 0.3 is 6.18 Å². The van der Waals surface area contributed by atoms with Crippen LogP contribution in [0.3, 0.4) is 0 Å². The lowest BCUT2D eigenvalue weighted by Gasteiger charge is -2.10. The van der Waals surface area contributed by atoms with E-state index >= 15 is 0 Å². The van der Waals surface area contributed by atoms with Crippen LogP contribution in [0.25, 0.3) is 0 Å². The standard InChI is InChI=1S/C11H14ClF3N2/c12-8-3-4-9(16)10(7-8)17-6-2-1-5-11(13,14)15/h3-4,7,17H,1-2,5-6,16H2. The molecule has 1 aromatic carbocycles. The predicted molar refractivity (Wildman–Crippen MR) is 64.3 cm³/mol. The lowest BCUT2D eigenvalue weighted by molar-refractivity contribution is -0.135. The predicted octanol–water partition coefficient (Wildman–Crippen LogP) is 4.07. The minimum Gasteiger partial charge on any atom is -0.397 e. The van der Waals surface area contributed by atoms with Crippen molar-refractivity contribution in [2.45, 2.75) is 25.4 Å². The van der Waals surface area contributed by atoms with Crippen molar-refractivity contribution >= 4 is 23.0 Å². The fraction of sp³-hybridized carbons (Fsp3) is 0.455. The topological polar surface area (TPSA) is 38.0 Å². The average Bonchev–Trinajstić information content (AvgIpc) is 2.21. The first-order chi connectivity index (χ1) is 7.88. The van der Waals surface area contributed by atoms with Crippen LogP contribution in [0.4, 0.5) is 24.5 Å². The Kier molecular flexibility index (Phi) is 4.93. The van der Waals surface area contributed by atoms with Crippen molar-refractivity contribution in [1.29, 1.82) is 0 Å². The van der Waals surface area contributed by atoms with Gasteiger partial charge in [0.25, 0.3) is 0 Å². The third-order valence-corrected chi connectivity index (χ3v) is 2.45. The van der Waals surface area contributed by atoms with Crippen LogP contribution in [0.1, 0.15) is 19.3 Å². The lowest BCUT2D eigenvalue weighted by atomic mass is 10.2. The summed E-state index contributed by atoms with van der Waals surface area (Å²) < 4.78 is 35.6. The summed E-state index contributed by atoms with van der Waals surface area (Å²) in [6, 6.07) is 4.97. The summed E-state index contributed by atoms with van der Waals surface area (Å²) in [7, 11) is 0. The first kappa shape index (κ1) is 14.0. The van der Waals surface area contributed by atoms with E-state index in [1.54, 1.807) is 18.2 Å². The molecule has 0 heterocycles. The summed E-state index contributed by atoms with van der Waals surface area (Å²) in [5, 5.41) is 3.50. The molecular formula is C11H14ClF3N2. The Morgan fingerprint density at radius 2 is 1.94 bits per heavy atom. The molecule has 6 heteroatoms. The molecule has 0 fully saturated rings. The smallest absolute Gasteiger partial charge is 0.389 e. The highest BCUT2D eigenvalue weighted by atomic mass is 35.5. The monoisotopic (exact) mass is 266 g/mol. The molecule has 0 amide bonds. The van der Waals surface area contributed by atoms with Crippen LogP contribution >= 0.6 is 11.6 Å². The number of alkyl halides is 3. The first-order valence-corrected chi connectivity index (χ1v) is 5.62. The van der Waals surface area contributed by atoms with Gasteiger partial charge in [0, 0.05) is 18.0 Å². The zero-order chi connectivity index (χ0) is 12.9. The second-order valence-electron chi connectivity index (χ2n) is 3.73. The summed E-state index contributed by atoms with van der Waals surface area (Å²) in [5.74, 6) is 0. The molecular weight excluding hydrogens is 253 g/mol. The van der Waals surface area contributed by atoms with Gasteiger partial charge in [-0.05, 0) is 31.0 Å². The number of unbranched alkanes of at least 4 members (excludes halogenated alkanes) is 1. The maximum absolute atomic E-state index is 11.9. The molecule has 0 atom stereocenters. The van der Waals surface area contributed by atoms with Crippen LogP contribution < -0.4 is 11.1 Å². The third-order valence-electron chi connectivity index (χ3n) is 2.22. The Morgan fingerprint density at radius 3 is 2.59 bits per heavy atom. The largest absolute Gasteiger partial charge is 0.397 e. The van der Waals surface area contributed by atoms with E-state index in [9.17, 15) is 13.2 Å². The molecule has 0 aromatic heterocycles. The molecule has 0 aliphatic carbocycles. The van der Waals surface area contributed by atoms with Crippen LogP contribution in [-0.2, 0) is 0 Å². The molecule has 0 saturated heterocycles. The zero-order valence-corrected chi connectivity index (χ0v) is 9.91. The summed E-state index contributed by atoms with van der Waals surface area (Å²) in [4.78, 5) is 0. The average molecular weight is 267 g/mol. The van der Waals surface area contributed by atoms with Crippen molar-refractivity contribution in [3.05, 3.63) is 23.2 Å². The van der Waals surface area contributed by atoms with Gasteiger partial charge in [-0.1, -0.05) is 11.6 Å². The van der Waals surface area contributed by atoms with Crippen molar-refractivity contribution in [2.75, 3.05) is 17.6 Å². The number of nitrogen functional groups attached to an aromatic ring is 1. The molecule has 0 aliphatic heterocycles. The molecule has 2 nitrogen and oxygen atoms in total. The number of rotatable bonds is 5. The first-order valence-electron chi connectivity index (χ1n) is 5.24. The minimum absolute atomic E-state index is 0.108. The molecule has 1 aromatic rings. The Balaban J connectivity index is 2.29. The molecule has 0 aliphatic rings. The summed E-state index contributed by atoms with van der Waals surface area (Å²) in [6.45, 7) is 0.445. The number of nitrogens with two attached hydrogens (primary N) is 1. The lowest BCUT2D eigenvalue weighted by Crippen LogP contribution is -2.09. The maximum Gasteiger partial charge on any atom is 0.389 e. The molecule has 0 unspecified atom stereocenters. The van der Waals surface area contributed by atoms with Gasteiger partial charge in [0.15, 0.2) is 0 Å². The van der Waals surface area contributed by atoms with Gasteiger partial charge in [-0.2, -0.15) is 13.2 Å². The van der Waals surface area contributed by atoms with Crippen LogP contribution in [0.2, 0.25) is 5.02 Å². The normalized spacial score (nSPS) is 11.5. The van der Waals surface area contributed by atoms with Crippen molar-refractivity contribution in [3.8, 4) is 0 Å². The Hall–Kier alpha value is -1.10. The number of halogens is 4. The molecule has 17 heavy (non-hydrogen) atoms. The number of hydrogen-bond acceptors (Lipinski definition) is 2. The number of anilines is 2. The highest BCUT2D eigenvalue weighted by molar-refractivity contribution is 6.31. The van der Waals surface area contributed by atoms with Gasteiger partial charge in [-0.15, -0.1) is 0 Å². The van der Waals surface area contributed by atoms with E-state index in [4.69, 9.17) is 17.3 Å². The van der Waals surface area contributed by atoms with E-state index in [1.165, 1.54) is 0 Å². The summed E-state index contributed by atoms with van der Waals surface area (Å²) in [6.07, 6.45) is -4.28. The van der Waals surface area contributed by atoms with Gasteiger partial charge in [0.2, 0.25) is 0 Å². The van der Waals surface area contributed by atoms with E-state index in [0.717, 1.165) is 0 Å². The maximum atomic E-state index is 11.9. The van der Waals surface area contributed by atoms with Crippen LogP contribution in [-0.4, -0.2) is 12.7 Å². The van der Waals surface area contributed by atoms with Crippen LogP contribution in [0, 0.1) is 0 Å². The van der Waals surface area contributed by atoms with Crippen molar-refractivity contribution in [3.63, 3.8) is 0 Å². The highest BCUT2D eigenvalue weighted by Crippen LogP contribution is 2.24. The minimum atomic E-state index is -4.07. The fourth-order valence-corrected chi connectivity index (χ4v) is 1.53. The molecule has 0 radical (unpaired) electrons. The molecule has 0 saturated carbocycles. The summed E-state index contributed by atoms with van der Waals surface area (Å²) >= 11 is 5.77. The van der Waals surface area contributed by atoms with Crippen LogP contribution in [0.5, 0.6) is 0 Å². The Bertz CT molecular complexity index is 366. The zero-order valence-electron chi connectivity index (χ0n) is 9.15. The van der Waals surface area contributed by atoms with Crippen molar-refractivity contribution in [2.24, 2.45) is 0 Å². The van der Waals surface area contributed by atoms with E-state index in [1.807, 2.05) is 0 Å². The van der Waals surface area contributed by atoms with Gasteiger partial charge in [-0.25, -0.2) is 0 Å². The molecule has 1 rings (SSSR count).